The van der Waals surface area contributed by atoms with Crippen molar-refractivity contribution in [3.8, 4) is 0 Å². The Morgan fingerprint density at radius 3 is 2.72 bits per heavy atom. The molecular formula is C14H22N2O2. The molecule has 0 aliphatic heterocycles. The third kappa shape index (κ3) is 4.47. The molecule has 0 radical (unpaired) electrons. The Morgan fingerprint density at radius 2 is 2.17 bits per heavy atom. The zero-order valence-corrected chi connectivity index (χ0v) is 11.3. The Labute approximate surface area is 109 Å². The van der Waals surface area contributed by atoms with Crippen LogP contribution in [0.25, 0.3) is 0 Å². The summed E-state index contributed by atoms with van der Waals surface area (Å²) in [6.45, 7) is 2.71. The molecule has 1 rings (SSSR count). The molecule has 0 saturated carbocycles. The predicted octanol–water partition coefficient (Wildman–Crippen LogP) is 1.25. The van der Waals surface area contributed by atoms with Gasteiger partial charge in [0.2, 0.25) is 0 Å². The van der Waals surface area contributed by atoms with Gasteiger partial charge in [0, 0.05) is 12.1 Å². The van der Waals surface area contributed by atoms with Gasteiger partial charge < -0.3 is 15.3 Å². The highest BCUT2D eigenvalue weighted by Gasteiger charge is 2.11. The summed E-state index contributed by atoms with van der Waals surface area (Å²) in [4.78, 5) is 14.0. The lowest BCUT2D eigenvalue weighted by Crippen LogP contribution is -2.36. The molecule has 0 aliphatic rings. The van der Waals surface area contributed by atoms with Crippen molar-refractivity contribution in [2.24, 2.45) is 0 Å². The highest BCUT2D eigenvalue weighted by atomic mass is 16.3. The molecule has 1 atom stereocenters. The highest BCUT2D eigenvalue weighted by Crippen LogP contribution is 2.07. The molecule has 1 aromatic rings. The van der Waals surface area contributed by atoms with Gasteiger partial charge in [-0.05, 0) is 38.2 Å². The topological polar surface area (TPSA) is 52.6 Å². The van der Waals surface area contributed by atoms with E-state index in [0.29, 0.717) is 5.56 Å². The van der Waals surface area contributed by atoms with Crippen LogP contribution in [0, 0.1) is 0 Å². The third-order valence-corrected chi connectivity index (χ3v) is 2.74. The van der Waals surface area contributed by atoms with Gasteiger partial charge in [0.25, 0.3) is 5.91 Å². The van der Waals surface area contributed by atoms with Gasteiger partial charge in [-0.2, -0.15) is 0 Å². The third-order valence-electron chi connectivity index (χ3n) is 2.74. The molecule has 0 saturated heterocycles. The van der Waals surface area contributed by atoms with E-state index in [1.807, 2.05) is 39.2 Å². The van der Waals surface area contributed by atoms with E-state index in [-0.39, 0.29) is 18.6 Å². The van der Waals surface area contributed by atoms with Crippen LogP contribution in [0.4, 0.5) is 0 Å². The number of amides is 1. The Balaban J connectivity index is 2.73. The molecule has 0 bridgehead atoms. The zero-order chi connectivity index (χ0) is 13.5. The second-order valence-corrected chi connectivity index (χ2v) is 4.70. The van der Waals surface area contributed by atoms with Crippen molar-refractivity contribution < 1.29 is 9.90 Å². The van der Waals surface area contributed by atoms with Gasteiger partial charge in [-0.3, -0.25) is 4.79 Å². The summed E-state index contributed by atoms with van der Waals surface area (Å²) in [5.41, 5.74) is 1.74. The first-order chi connectivity index (χ1) is 8.56. The van der Waals surface area contributed by atoms with E-state index in [1.165, 1.54) is 0 Å². The maximum absolute atomic E-state index is 12.0. The number of aliphatic hydroxyl groups excluding tert-OH is 1. The fourth-order valence-electron chi connectivity index (χ4n) is 1.72. The molecule has 1 amide bonds. The number of rotatable bonds is 6. The molecule has 1 unspecified atom stereocenters. The Bertz CT molecular complexity index is 387. The van der Waals surface area contributed by atoms with E-state index < -0.39 is 0 Å². The quantitative estimate of drug-likeness (QED) is 0.799. The molecule has 0 heterocycles. The van der Waals surface area contributed by atoms with Gasteiger partial charge in [-0.1, -0.05) is 19.1 Å². The zero-order valence-electron chi connectivity index (χ0n) is 11.3. The van der Waals surface area contributed by atoms with Crippen LogP contribution in [0.3, 0.4) is 0 Å². The van der Waals surface area contributed by atoms with Crippen LogP contribution in [0.5, 0.6) is 0 Å². The minimum atomic E-state index is -0.171. The number of nitrogens with one attached hydrogen (secondary N) is 1. The van der Waals surface area contributed by atoms with Crippen LogP contribution in [-0.2, 0) is 6.54 Å². The average molecular weight is 250 g/mol. The standard InChI is InChI=1S/C14H22N2O2/c1-4-13(10-17)15-14(18)12-7-5-6-11(8-12)9-16(2)3/h5-8,13,17H,4,9-10H2,1-3H3,(H,15,18). The lowest BCUT2D eigenvalue weighted by molar-refractivity contribution is 0.0915. The molecule has 4 heteroatoms. The van der Waals surface area contributed by atoms with Crippen LogP contribution >= 0.6 is 0 Å². The maximum atomic E-state index is 12.0. The van der Waals surface area contributed by atoms with E-state index in [4.69, 9.17) is 5.11 Å². The minimum Gasteiger partial charge on any atom is -0.394 e. The summed E-state index contributed by atoms with van der Waals surface area (Å²) >= 11 is 0. The van der Waals surface area contributed by atoms with Crippen molar-refractivity contribution in [2.75, 3.05) is 20.7 Å². The summed E-state index contributed by atoms with van der Waals surface area (Å²) in [7, 11) is 3.98. The molecule has 0 fully saturated rings. The highest BCUT2D eigenvalue weighted by molar-refractivity contribution is 5.94. The molecule has 0 spiro atoms. The summed E-state index contributed by atoms with van der Waals surface area (Å²) < 4.78 is 0. The summed E-state index contributed by atoms with van der Waals surface area (Å²) in [6.07, 6.45) is 0.722. The Morgan fingerprint density at radius 1 is 1.44 bits per heavy atom. The van der Waals surface area contributed by atoms with Gasteiger partial charge in [-0.25, -0.2) is 0 Å². The predicted molar refractivity (Wildman–Crippen MR) is 72.5 cm³/mol. The van der Waals surface area contributed by atoms with Crippen molar-refractivity contribution in [3.05, 3.63) is 35.4 Å². The minimum absolute atomic E-state index is 0.0281. The van der Waals surface area contributed by atoms with Crippen molar-refractivity contribution >= 4 is 5.91 Å². The van der Waals surface area contributed by atoms with Crippen molar-refractivity contribution in [2.45, 2.75) is 25.9 Å². The summed E-state index contributed by atoms with van der Waals surface area (Å²) in [5, 5.41) is 11.9. The molecule has 0 aliphatic carbocycles. The van der Waals surface area contributed by atoms with Gasteiger partial charge >= 0.3 is 0 Å². The number of hydrogen-bond donors (Lipinski definition) is 2. The molecule has 2 N–H and O–H groups in total. The normalized spacial score (nSPS) is 12.5. The SMILES string of the molecule is CCC(CO)NC(=O)c1cccc(CN(C)C)c1. The lowest BCUT2D eigenvalue weighted by Gasteiger charge is -2.15. The van der Waals surface area contributed by atoms with Gasteiger partial charge in [0.1, 0.15) is 0 Å². The number of carbonyl (C=O) groups is 1. The number of nitrogens with zero attached hydrogens (tertiary/aromatic N) is 1. The number of aliphatic hydroxyl groups is 1. The lowest BCUT2D eigenvalue weighted by atomic mass is 10.1. The van der Waals surface area contributed by atoms with Crippen molar-refractivity contribution in [1.29, 1.82) is 0 Å². The first-order valence-electron chi connectivity index (χ1n) is 6.22. The van der Waals surface area contributed by atoms with E-state index in [2.05, 4.69) is 10.2 Å². The smallest absolute Gasteiger partial charge is 0.251 e. The second-order valence-electron chi connectivity index (χ2n) is 4.70. The van der Waals surface area contributed by atoms with E-state index >= 15 is 0 Å². The van der Waals surface area contributed by atoms with Gasteiger partial charge in [-0.15, -0.1) is 0 Å². The van der Waals surface area contributed by atoms with Crippen LogP contribution in [0.1, 0.15) is 29.3 Å². The Hall–Kier alpha value is -1.39. The largest absolute Gasteiger partial charge is 0.394 e. The second kappa shape index (κ2) is 7.13. The molecule has 18 heavy (non-hydrogen) atoms. The van der Waals surface area contributed by atoms with Gasteiger partial charge in [0.15, 0.2) is 0 Å². The summed E-state index contributed by atoms with van der Waals surface area (Å²) in [6, 6.07) is 7.39. The number of benzene rings is 1. The van der Waals surface area contributed by atoms with E-state index in [0.717, 1.165) is 18.5 Å². The molecule has 0 aromatic heterocycles. The molecule has 100 valence electrons. The van der Waals surface area contributed by atoms with Gasteiger partial charge in [0.05, 0.1) is 12.6 Å². The molecular weight excluding hydrogens is 228 g/mol. The van der Waals surface area contributed by atoms with Crippen LogP contribution in [-0.4, -0.2) is 42.7 Å². The molecule has 1 aromatic carbocycles. The monoisotopic (exact) mass is 250 g/mol. The average Bonchev–Trinajstić information content (AvgIpc) is 2.35. The Kier molecular flexibility index (Phi) is 5.82. The van der Waals surface area contributed by atoms with Crippen molar-refractivity contribution in [1.82, 2.24) is 10.2 Å². The van der Waals surface area contributed by atoms with E-state index in [1.54, 1.807) is 6.07 Å². The number of hydrogen-bond acceptors (Lipinski definition) is 3. The molecule has 4 nitrogen and oxygen atoms in total. The van der Waals surface area contributed by atoms with Crippen LogP contribution < -0.4 is 5.32 Å². The first-order valence-corrected chi connectivity index (χ1v) is 6.22. The van der Waals surface area contributed by atoms with Crippen LogP contribution in [0.15, 0.2) is 24.3 Å². The first kappa shape index (κ1) is 14.7. The van der Waals surface area contributed by atoms with Crippen LogP contribution in [0.2, 0.25) is 0 Å². The fraction of sp³-hybridized carbons (Fsp3) is 0.500. The van der Waals surface area contributed by atoms with E-state index in [9.17, 15) is 4.79 Å². The summed E-state index contributed by atoms with van der Waals surface area (Å²) in [5.74, 6) is -0.128. The van der Waals surface area contributed by atoms with Crippen molar-refractivity contribution in [3.63, 3.8) is 0 Å². The maximum Gasteiger partial charge on any atom is 0.251 e. The number of carbonyl (C=O) groups excluding carboxylic acids is 1. The fourth-order valence-corrected chi connectivity index (χ4v) is 1.72.